The van der Waals surface area contributed by atoms with Crippen LogP contribution in [0.15, 0.2) is 18.2 Å². The molecule has 0 aliphatic carbocycles. The molecule has 0 bridgehead atoms. The standard InChI is InChI=1S/C16H22N2O3/c1-3-13-11(6-7-20-13)16(17-2)10-4-5-14-12(8-10)18-15(19)9-21-14/h4-5,8,11,13,16-17H,3,6-7,9H2,1-2H3,(H,18,19). The van der Waals surface area contributed by atoms with Crippen LogP contribution in [0.3, 0.4) is 0 Å². The molecule has 0 aromatic heterocycles. The van der Waals surface area contributed by atoms with Crippen LogP contribution in [-0.2, 0) is 9.53 Å². The van der Waals surface area contributed by atoms with Gasteiger partial charge in [0.15, 0.2) is 6.61 Å². The highest BCUT2D eigenvalue weighted by Gasteiger charge is 2.34. The van der Waals surface area contributed by atoms with E-state index in [-0.39, 0.29) is 18.6 Å². The number of ether oxygens (including phenoxy) is 2. The summed E-state index contributed by atoms with van der Waals surface area (Å²) in [5.41, 5.74) is 1.92. The van der Waals surface area contributed by atoms with Gasteiger partial charge in [-0.15, -0.1) is 0 Å². The van der Waals surface area contributed by atoms with E-state index in [9.17, 15) is 4.79 Å². The molecule has 0 saturated carbocycles. The second kappa shape index (κ2) is 6.03. The Kier molecular flexibility index (Phi) is 4.12. The summed E-state index contributed by atoms with van der Waals surface area (Å²) in [7, 11) is 1.98. The molecule has 1 aromatic rings. The van der Waals surface area contributed by atoms with Crippen LogP contribution in [0.5, 0.6) is 5.75 Å². The quantitative estimate of drug-likeness (QED) is 0.891. The van der Waals surface area contributed by atoms with E-state index in [0.29, 0.717) is 12.0 Å². The summed E-state index contributed by atoms with van der Waals surface area (Å²) in [5, 5.41) is 6.28. The first kappa shape index (κ1) is 14.4. The minimum Gasteiger partial charge on any atom is -0.482 e. The molecule has 3 atom stereocenters. The van der Waals surface area contributed by atoms with Crippen molar-refractivity contribution in [3.05, 3.63) is 23.8 Å². The van der Waals surface area contributed by atoms with Crippen LogP contribution in [0.25, 0.3) is 0 Å². The highest BCUT2D eigenvalue weighted by atomic mass is 16.5. The molecule has 1 amide bonds. The lowest BCUT2D eigenvalue weighted by molar-refractivity contribution is -0.118. The number of amides is 1. The number of hydrogen-bond acceptors (Lipinski definition) is 4. The summed E-state index contributed by atoms with van der Waals surface area (Å²) in [6.45, 7) is 3.08. The molecule has 2 aliphatic heterocycles. The summed E-state index contributed by atoms with van der Waals surface area (Å²) in [6, 6.07) is 6.24. The number of nitrogens with one attached hydrogen (secondary N) is 2. The summed E-state index contributed by atoms with van der Waals surface area (Å²) in [5.74, 6) is 1.09. The molecular weight excluding hydrogens is 268 g/mol. The van der Waals surface area contributed by atoms with Gasteiger partial charge in [0.2, 0.25) is 0 Å². The van der Waals surface area contributed by atoms with Gasteiger partial charge in [0.1, 0.15) is 5.75 Å². The smallest absolute Gasteiger partial charge is 0.262 e. The second-order valence-corrected chi connectivity index (χ2v) is 5.63. The predicted octanol–water partition coefficient (Wildman–Crippen LogP) is 2.09. The Hall–Kier alpha value is -1.59. The topological polar surface area (TPSA) is 59.6 Å². The number of benzene rings is 1. The van der Waals surface area contributed by atoms with E-state index in [1.165, 1.54) is 0 Å². The van der Waals surface area contributed by atoms with Crippen LogP contribution >= 0.6 is 0 Å². The van der Waals surface area contributed by atoms with E-state index in [2.05, 4.69) is 23.6 Å². The van der Waals surface area contributed by atoms with Crippen LogP contribution in [0.2, 0.25) is 0 Å². The molecule has 1 aromatic carbocycles. The third-order valence-electron chi connectivity index (χ3n) is 4.40. The van der Waals surface area contributed by atoms with Gasteiger partial charge in [0, 0.05) is 18.6 Å². The molecule has 0 spiro atoms. The molecule has 1 saturated heterocycles. The lowest BCUT2D eigenvalue weighted by atomic mass is 9.86. The van der Waals surface area contributed by atoms with E-state index < -0.39 is 0 Å². The molecule has 2 N–H and O–H groups in total. The zero-order chi connectivity index (χ0) is 14.8. The Morgan fingerprint density at radius 2 is 2.33 bits per heavy atom. The van der Waals surface area contributed by atoms with Gasteiger partial charge in [-0.25, -0.2) is 0 Å². The molecule has 1 fully saturated rings. The number of rotatable bonds is 4. The fourth-order valence-electron chi connectivity index (χ4n) is 3.39. The maximum atomic E-state index is 11.5. The maximum absolute atomic E-state index is 11.5. The van der Waals surface area contributed by atoms with E-state index >= 15 is 0 Å². The summed E-state index contributed by atoms with van der Waals surface area (Å²) < 4.78 is 11.2. The van der Waals surface area contributed by atoms with Crippen molar-refractivity contribution in [1.29, 1.82) is 0 Å². The van der Waals surface area contributed by atoms with Gasteiger partial charge in [0.25, 0.3) is 5.91 Å². The first-order chi connectivity index (χ1) is 10.2. The third-order valence-corrected chi connectivity index (χ3v) is 4.40. The Morgan fingerprint density at radius 1 is 1.48 bits per heavy atom. The Morgan fingerprint density at radius 3 is 3.10 bits per heavy atom. The molecule has 3 rings (SSSR count). The zero-order valence-corrected chi connectivity index (χ0v) is 12.5. The average Bonchev–Trinajstić information content (AvgIpc) is 2.96. The minimum atomic E-state index is -0.101. The summed E-state index contributed by atoms with van der Waals surface area (Å²) >= 11 is 0. The van der Waals surface area contributed by atoms with E-state index in [1.807, 2.05) is 19.2 Å². The molecule has 2 heterocycles. The molecular formula is C16H22N2O3. The van der Waals surface area contributed by atoms with Crippen molar-refractivity contribution in [2.75, 3.05) is 25.6 Å². The van der Waals surface area contributed by atoms with Gasteiger partial charge in [-0.2, -0.15) is 0 Å². The van der Waals surface area contributed by atoms with Crippen LogP contribution in [0.1, 0.15) is 31.4 Å². The van der Waals surface area contributed by atoms with E-state index in [1.54, 1.807) is 0 Å². The van der Waals surface area contributed by atoms with Crippen molar-refractivity contribution in [2.45, 2.75) is 31.9 Å². The molecule has 21 heavy (non-hydrogen) atoms. The van der Waals surface area contributed by atoms with Crippen LogP contribution in [0, 0.1) is 5.92 Å². The van der Waals surface area contributed by atoms with Gasteiger partial charge in [-0.1, -0.05) is 13.0 Å². The number of carbonyl (C=O) groups is 1. The van der Waals surface area contributed by atoms with Crippen molar-refractivity contribution in [2.24, 2.45) is 5.92 Å². The maximum Gasteiger partial charge on any atom is 0.262 e. The number of hydrogen-bond donors (Lipinski definition) is 2. The summed E-state index contributed by atoms with van der Waals surface area (Å²) in [6.07, 6.45) is 2.38. The average molecular weight is 290 g/mol. The van der Waals surface area contributed by atoms with Crippen LogP contribution in [0.4, 0.5) is 5.69 Å². The summed E-state index contributed by atoms with van der Waals surface area (Å²) in [4.78, 5) is 11.5. The molecule has 2 aliphatic rings. The van der Waals surface area contributed by atoms with Crippen molar-refractivity contribution >= 4 is 11.6 Å². The largest absolute Gasteiger partial charge is 0.482 e. The monoisotopic (exact) mass is 290 g/mol. The zero-order valence-electron chi connectivity index (χ0n) is 12.5. The van der Waals surface area contributed by atoms with Crippen molar-refractivity contribution in [3.8, 4) is 5.75 Å². The lowest BCUT2D eigenvalue weighted by Gasteiger charge is -2.28. The van der Waals surface area contributed by atoms with E-state index in [0.717, 1.165) is 36.4 Å². The third kappa shape index (κ3) is 2.76. The van der Waals surface area contributed by atoms with Crippen LogP contribution < -0.4 is 15.4 Å². The van der Waals surface area contributed by atoms with Crippen molar-refractivity contribution in [1.82, 2.24) is 5.32 Å². The van der Waals surface area contributed by atoms with E-state index in [4.69, 9.17) is 9.47 Å². The fourth-order valence-corrected chi connectivity index (χ4v) is 3.39. The second-order valence-electron chi connectivity index (χ2n) is 5.63. The normalized spacial score (nSPS) is 25.9. The fraction of sp³-hybridized carbons (Fsp3) is 0.562. The number of carbonyl (C=O) groups excluding carboxylic acids is 1. The molecule has 114 valence electrons. The molecule has 5 nitrogen and oxygen atoms in total. The lowest BCUT2D eigenvalue weighted by Crippen LogP contribution is -2.31. The Labute approximate surface area is 125 Å². The SMILES string of the molecule is CCC1OCCC1C(NC)c1ccc2c(c1)NC(=O)CO2. The Bertz CT molecular complexity index is 532. The van der Waals surface area contributed by atoms with Crippen molar-refractivity contribution in [3.63, 3.8) is 0 Å². The first-order valence-corrected chi connectivity index (χ1v) is 7.58. The number of anilines is 1. The van der Waals surface area contributed by atoms with Crippen LogP contribution in [-0.4, -0.2) is 32.3 Å². The predicted molar refractivity (Wildman–Crippen MR) is 80.5 cm³/mol. The number of fused-ring (bicyclic) bond motifs is 1. The first-order valence-electron chi connectivity index (χ1n) is 7.58. The van der Waals surface area contributed by atoms with Gasteiger partial charge >= 0.3 is 0 Å². The van der Waals surface area contributed by atoms with Gasteiger partial charge in [-0.05, 0) is 37.6 Å². The van der Waals surface area contributed by atoms with Gasteiger partial charge < -0.3 is 20.1 Å². The van der Waals surface area contributed by atoms with Gasteiger partial charge in [-0.3, -0.25) is 4.79 Å². The van der Waals surface area contributed by atoms with Gasteiger partial charge in [0.05, 0.1) is 11.8 Å². The Balaban J connectivity index is 1.87. The molecule has 3 unspecified atom stereocenters. The minimum absolute atomic E-state index is 0.0934. The van der Waals surface area contributed by atoms with Crippen molar-refractivity contribution < 1.29 is 14.3 Å². The highest BCUT2D eigenvalue weighted by molar-refractivity contribution is 5.95. The molecule has 5 heteroatoms. The highest BCUT2D eigenvalue weighted by Crippen LogP contribution is 2.37. The molecule has 0 radical (unpaired) electrons.